The van der Waals surface area contributed by atoms with Crippen LogP contribution in [0, 0.1) is 0 Å². The summed E-state index contributed by atoms with van der Waals surface area (Å²) in [7, 11) is 0. The first-order valence-corrected chi connectivity index (χ1v) is 5.18. The summed E-state index contributed by atoms with van der Waals surface area (Å²) < 4.78 is 0. The summed E-state index contributed by atoms with van der Waals surface area (Å²) in [6.07, 6.45) is 6.33. The van der Waals surface area contributed by atoms with Crippen LogP contribution in [0.25, 0.3) is 0 Å². The molecular weight excluding hydrogens is 190 g/mol. The Balaban J connectivity index is 2.04. The maximum Gasteiger partial charge on any atom is 0.253 e. The summed E-state index contributed by atoms with van der Waals surface area (Å²) in [6, 6.07) is 3.51. The van der Waals surface area contributed by atoms with Crippen LogP contribution in [0.2, 0.25) is 0 Å². The van der Waals surface area contributed by atoms with E-state index in [-0.39, 0.29) is 11.4 Å². The van der Waals surface area contributed by atoms with E-state index in [1.165, 1.54) is 0 Å². The fourth-order valence-corrected chi connectivity index (χ4v) is 1.79. The third-order valence-corrected chi connectivity index (χ3v) is 3.00. The van der Waals surface area contributed by atoms with Crippen LogP contribution < -0.4 is 11.1 Å². The second kappa shape index (κ2) is 3.98. The number of amides is 1. The van der Waals surface area contributed by atoms with Crippen LogP contribution in [0.3, 0.4) is 0 Å². The van der Waals surface area contributed by atoms with Crippen molar-refractivity contribution < 1.29 is 4.79 Å². The van der Waals surface area contributed by atoms with Gasteiger partial charge in [-0.05, 0) is 31.4 Å². The van der Waals surface area contributed by atoms with Gasteiger partial charge in [-0.2, -0.15) is 0 Å². The van der Waals surface area contributed by atoms with E-state index in [9.17, 15) is 4.79 Å². The van der Waals surface area contributed by atoms with E-state index in [1.807, 2.05) is 0 Å². The minimum absolute atomic E-state index is 0.0757. The molecule has 1 aromatic rings. The summed E-state index contributed by atoms with van der Waals surface area (Å²) in [5.74, 6) is -0.0757. The highest BCUT2D eigenvalue weighted by atomic mass is 16.1. The van der Waals surface area contributed by atoms with Crippen molar-refractivity contribution in [2.45, 2.75) is 24.8 Å². The van der Waals surface area contributed by atoms with Gasteiger partial charge in [0.05, 0.1) is 11.1 Å². The highest BCUT2D eigenvalue weighted by molar-refractivity contribution is 5.94. The molecule has 1 heterocycles. The summed E-state index contributed by atoms with van der Waals surface area (Å²) in [4.78, 5) is 15.7. The number of aromatic nitrogens is 1. The number of nitrogens with one attached hydrogen (secondary N) is 1. The maximum atomic E-state index is 11.8. The highest BCUT2D eigenvalue weighted by Crippen LogP contribution is 2.30. The molecule has 1 fully saturated rings. The van der Waals surface area contributed by atoms with Gasteiger partial charge in [-0.25, -0.2) is 0 Å². The zero-order chi connectivity index (χ0) is 10.7. The molecule has 0 atom stereocenters. The molecule has 4 heteroatoms. The second-order valence-corrected chi connectivity index (χ2v) is 4.03. The Labute approximate surface area is 88.9 Å². The first kappa shape index (κ1) is 10.1. The van der Waals surface area contributed by atoms with E-state index in [0.717, 1.165) is 19.3 Å². The zero-order valence-corrected chi connectivity index (χ0v) is 8.57. The van der Waals surface area contributed by atoms with E-state index in [0.29, 0.717) is 12.1 Å². The number of nitrogens with zero attached hydrogens (tertiary/aromatic N) is 1. The van der Waals surface area contributed by atoms with Gasteiger partial charge in [0.1, 0.15) is 0 Å². The molecular formula is C11H15N3O. The highest BCUT2D eigenvalue weighted by Gasteiger charge is 2.36. The van der Waals surface area contributed by atoms with Gasteiger partial charge in [0.2, 0.25) is 0 Å². The fourth-order valence-electron chi connectivity index (χ4n) is 1.79. The lowest BCUT2D eigenvalue weighted by molar-refractivity contribution is 0.0837. The average molecular weight is 205 g/mol. The molecule has 0 saturated heterocycles. The van der Waals surface area contributed by atoms with Crippen LogP contribution in [0.1, 0.15) is 29.6 Å². The summed E-state index contributed by atoms with van der Waals surface area (Å²) in [5.41, 5.74) is 6.10. The lowest BCUT2D eigenvalue weighted by Crippen LogP contribution is -2.58. The minimum Gasteiger partial charge on any atom is -0.345 e. The summed E-state index contributed by atoms with van der Waals surface area (Å²) in [6.45, 7) is 0.513. The molecule has 15 heavy (non-hydrogen) atoms. The largest absolute Gasteiger partial charge is 0.345 e. The van der Waals surface area contributed by atoms with Gasteiger partial charge in [0.25, 0.3) is 5.91 Å². The van der Waals surface area contributed by atoms with Gasteiger partial charge in [-0.3, -0.25) is 9.78 Å². The van der Waals surface area contributed by atoms with Crippen molar-refractivity contribution in [3.8, 4) is 0 Å². The normalized spacial score (nSPS) is 17.9. The van der Waals surface area contributed by atoms with Crippen LogP contribution in [0.5, 0.6) is 0 Å². The van der Waals surface area contributed by atoms with Crippen molar-refractivity contribution in [3.63, 3.8) is 0 Å². The lowest BCUT2D eigenvalue weighted by atomic mass is 9.76. The molecule has 0 radical (unpaired) electrons. The fraction of sp³-hybridized carbons (Fsp3) is 0.455. The Hall–Kier alpha value is -1.42. The van der Waals surface area contributed by atoms with Crippen LogP contribution in [-0.4, -0.2) is 23.0 Å². The molecule has 1 saturated carbocycles. The van der Waals surface area contributed by atoms with Crippen LogP contribution >= 0.6 is 0 Å². The molecule has 0 spiro atoms. The Kier molecular flexibility index (Phi) is 2.68. The number of carbonyl (C=O) groups is 1. The Bertz CT molecular complexity index is 341. The molecule has 0 aromatic carbocycles. The molecule has 4 nitrogen and oxygen atoms in total. The first-order valence-electron chi connectivity index (χ1n) is 5.18. The second-order valence-electron chi connectivity index (χ2n) is 4.03. The van der Waals surface area contributed by atoms with Crippen molar-refractivity contribution in [2.75, 3.05) is 6.54 Å². The topological polar surface area (TPSA) is 68.0 Å². The molecule has 0 unspecified atom stereocenters. The van der Waals surface area contributed by atoms with Gasteiger partial charge >= 0.3 is 0 Å². The number of carbonyl (C=O) groups excluding carboxylic acids is 1. The monoisotopic (exact) mass is 205 g/mol. The molecule has 3 N–H and O–H groups in total. The van der Waals surface area contributed by atoms with Gasteiger partial charge in [-0.1, -0.05) is 0 Å². The van der Waals surface area contributed by atoms with Gasteiger partial charge in [-0.15, -0.1) is 0 Å². The van der Waals surface area contributed by atoms with Crippen LogP contribution in [0.4, 0.5) is 0 Å². The molecule has 0 aliphatic heterocycles. The molecule has 1 aliphatic carbocycles. The van der Waals surface area contributed by atoms with Crippen molar-refractivity contribution in [1.82, 2.24) is 10.3 Å². The SMILES string of the molecule is NCC1(NC(=O)c2cccnc2)CCC1. The predicted molar refractivity (Wildman–Crippen MR) is 57.3 cm³/mol. The third kappa shape index (κ3) is 1.99. The van der Waals surface area contributed by atoms with E-state index >= 15 is 0 Å². The Morgan fingerprint density at radius 1 is 1.60 bits per heavy atom. The number of nitrogens with two attached hydrogens (primary N) is 1. The quantitative estimate of drug-likeness (QED) is 0.763. The number of hydrogen-bond donors (Lipinski definition) is 2. The van der Waals surface area contributed by atoms with E-state index < -0.39 is 0 Å². The molecule has 2 rings (SSSR count). The van der Waals surface area contributed by atoms with Gasteiger partial charge < -0.3 is 11.1 Å². The van der Waals surface area contributed by atoms with Crippen LogP contribution in [-0.2, 0) is 0 Å². The summed E-state index contributed by atoms with van der Waals surface area (Å²) >= 11 is 0. The Morgan fingerprint density at radius 2 is 2.40 bits per heavy atom. The predicted octanol–water partition coefficient (Wildman–Crippen LogP) is 0.693. The van der Waals surface area contributed by atoms with Crippen molar-refractivity contribution in [3.05, 3.63) is 30.1 Å². The third-order valence-electron chi connectivity index (χ3n) is 3.00. The van der Waals surface area contributed by atoms with E-state index in [4.69, 9.17) is 5.73 Å². The van der Waals surface area contributed by atoms with Gasteiger partial charge in [0.15, 0.2) is 0 Å². The summed E-state index contributed by atoms with van der Waals surface area (Å²) in [5, 5.41) is 2.99. The van der Waals surface area contributed by atoms with Crippen LogP contribution in [0.15, 0.2) is 24.5 Å². The average Bonchev–Trinajstić information content (AvgIpc) is 2.24. The van der Waals surface area contributed by atoms with E-state index in [1.54, 1.807) is 24.5 Å². The molecule has 1 aromatic heterocycles. The molecule has 80 valence electrons. The molecule has 1 aliphatic rings. The molecule has 1 amide bonds. The van der Waals surface area contributed by atoms with Crippen molar-refractivity contribution in [2.24, 2.45) is 5.73 Å². The van der Waals surface area contributed by atoms with Gasteiger partial charge in [0, 0.05) is 18.9 Å². The maximum absolute atomic E-state index is 11.8. The number of hydrogen-bond acceptors (Lipinski definition) is 3. The zero-order valence-electron chi connectivity index (χ0n) is 8.57. The first-order chi connectivity index (χ1) is 7.26. The van der Waals surface area contributed by atoms with Crippen molar-refractivity contribution in [1.29, 1.82) is 0 Å². The lowest BCUT2D eigenvalue weighted by Gasteiger charge is -2.41. The minimum atomic E-state index is -0.160. The number of pyridine rings is 1. The van der Waals surface area contributed by atoms with E-state index in [2.05, 4.69) is 10.3 Å². The standard InChI is InChI=1S/C11H15N3O/c12-8-11(4-2-5-11)14-10(15)9-3-1-6-13-7-9/h1,3,6-7H,2,4-5,8,12H2,(H,14,15). The smallest absolute Gasteiger partial charge is 0.253 e. The number of rotatable bonds is 3. The Morgan fingerprint density at radius 3 is 2.87 bits per heavy atom. The van der Waals surface area contributed by atoms with Crippen molar-refractivity contribution >= 4 is 5.91 Å². The molecule has 0 bridgehead atoms.